The number of hydrogen-bond acceptors (Lipinski definition) is 3. The Labute approximate surface area is 92.2 Å². The standard InChI is InChI=1S/C11H11F2NO2/c1-6-8(4-14)11(16-5-15-3)10(13)7(2)9(6)12/h5H2,1-3H3. The molecule has 0 amide bonds. The van der Waals surface area contributed by atoms with Crippen molar-refractivity contribution in [2.45, 2.75) is 13.8 Å². The summed E-state index contributed by atoms with van der Waals surface area (Å²) in [6, 6.07) is 1.72. The lowest BCUT2D eigenvalue weighted by Crippen LogP contribution is -2.07. The molecule has 0 aliphatic carbocycles. The maximum Gasteiger partial charge on any atom is 0.188 e. The van der Waals surface area contributed by atoms with Gasteiger partial charge in [-0.1, -0.05) is 0 Å². The van der Waals surface area contributed by atoms with Crippen molar-refractivity contribution in [3.05, 3.63) is 28.3 Å². The monoisotopic (exact) mass is 227 g/mol. The van der Waals surface area contributed by atoms with Crippen LogP contribution in [0.4, 0.5) is 8.78 Å². The van der Waals surface area contributed by atoms with Gasteiger partial charge in [0.25, 0.3) is 0 Å². The fourth-order valence-electron chi connectivity index (χ4n) is 1.33. The average Bonchev–Trinajstić information content (AvgIpc) is 2.29. The summed E-state index contributed by atoms with van der Waals surface area (Å²) >= 11 is 0. The molecule has 1 rings (SSSR count). The molecule has 0 bridgehead atoms. The SMILES string of the molecule is COCOc1c(F)c(C)c(F)c(C)c1C#N. The summed E-state index contributed by atoms with van der Waals surface area (Å²) in [5.41, 5.74) is -0.229. The number of benzene rings is 1. The number of methoxy groups -OCH3 is 1. The molecule has 86 valence electrons. The number of nitriles is 1. The maximum atomic E-state index is 13.6. The predicted molar refractivity (Wildman–Crippen MR) is 53.1 cm³/mol. The zero-order valence-electron chi connectivity index (χ0n) is 9.23. The van der Waals surface area contributed by atoms with Crippen LogP contribution < -0.4 is 4.74 Å². The number of hydrogen-bond donors (Lipinski definition) is 0. The number of rotatable bonds is 3. The van der Waals surface area contributed by atoms with Gasteiger partial charge in [-0.05, 0) is 13.8 Å². The summed E-state index contributed by atoms with van der Waals surface area (Å²) in [5, 5.41) is 8.83. The van der Waals surface area contributed by atoms with Crippen LogP contribution >= 0.6 is 0 Å². The van der Waals surface area contributed by atoms with E-state index in [1.165, 1.54) is 21.0 Å². The molecule has 0 heterocycles. The highest BCUT2D eigenvalue weighted by Gasteiger charge is 2.21. The second-order valence-corrected chi connectivity index (χ2v) is 3.24. The summed E-state index contributed by atoms with van der Waals surface area (Å²) in [6.07, 6.45) is 0. The van der Waals surface area contributed by atoms with Crippen LogP contribution in [0.5, 0.6) is 5.75 Å². The van der Waals surface area contributed by atoms with Crippen LogP contribution in [0.15, 0.2) is 0 Å². The van der Waals surface area contributed by atoms with Crippen LogP contribution in [0.3, 0.4) is 0 Å². The molecular weight excluding hydrogens is 216 g/mol. The highest BCUT2D eigenvalue weighted by atomic mass is 19.1. The zero-order valence-corrected chi connectivity index (χ0v) is 9.23. The quantitative estimate of drug-likeness (QED) is 0.745. The molecule has 0 saturated carbocycles. The van der Waals surface area contributed by atoms with Gasteiger partial charge in [0.05, 0.1) is 0 Å². The van der Waals surface area contributed by atoms with E-state index >= 15 is 0 Å². The van der Waals surface area contributed by atoms with Gasteiger partial charge in [0.1, 0.15) is 17.4 Å². The molecule has 0 N–H and O–H groups in total. The minimum Gasteiger partial charge on any atom is -0.463 e. The van der Waals surface area contributed by atoms with E-state index in [0.29, 0.717) is 0 Å². The average molecular weight is 227 g/mol. The van der Waals surface area contributed by atoms with Crippen LogP contribution in [-0.2, 0) is 4.74 Å². The molecule has 5 heteroatoms. The summed E-state index contributed by atoms with van der Waals surface area (Å²) in [5.74, 6) is -1.85. The van der Waals surface area contributed by atoms with Gasteiger partial charge in [0, 0.05) is 18.2 Å². The van der Waals surface area contributed by atoms with E-state index in [1.807, 2.05) is 0 Å². The molecular formula is C11H11F2NO2. The van der Waals surface area contributed by atoms with E-state index in [4.69, 9.17) is 10.00 Å². The third-order valence-electron chi connectivity index (χ3n) is 2.22. The smallest absolute Gasteiger partial charge is 0.188 e. The fourth-order valence-corrected chi connectivity index (χ4v) is 1.33. The molecule has 0 aromatic heterocycles. The molecule has 0 spiro atoms. The van der Waals surface area contributed by atoms with E-state index in [-0.39, 0.29) is 29.2 Å². The van der Waals surface area contributed by atoms with Crippen molar-refractivity contribution in [3.8, 4) is 11.8 Å². The number of ether oxygens (including phenoxy) is 2. The summed E-state index contributed by atoms with van der Waals surface area (Å²) in [7, 11) is 1.37. The summed E-state index contributed by atoms with van der Waals surface area (Å²) < 4.78 is 36.7. The van der Waals surface area contributed by atoms with E-state index < -0.39 is 11.6 Å². The van der Waals surface area contributed by atoms with Gasteiger partial charge >= 0.3 is 0 Å². The van der Waals surface area contributed by atoms with Crippen molar-refractivity contribution in [3.63, 3.8) is 0 Å². The van der Waals surface area contributed by atoms with Crippen molar-refractivity contribution in [2.24, 2.45) is 0 Å². The van der Waals surface area contributed by atoms with Crippen LogP contribution in [0.2, 0.25) is 0 Å². The summed E-state index contributed by atoms with van der Waals surface area (Å²) in [6.45, 7) is 2.49. The molecule has 0 radical (unpaired) electrons. The minimum atomic E-state index is -0.864. The molecule has 3 nitrogen and oxygen atoms in total. The van der Waals surface area contributed by atoms with Crippen molar-refractivity contribution in [1.29, 1.82) is 5.26 Å². The molecule has 0 saturated heterocycles. The molecule has 1 aromatic rings. The maximum absolute atomic E-state index is 13.6. The first-order chi connectivity index (χ1) is 7.54. The van der Waals surface area contributed by atoms with E-state index in [9.17, 15) is 8.78 Å². The van der Waals surface area contributed by atoms with Crippen molar-refractivity contribution in [1.82, 2.24) is 0 Å². The lowest BCUT2D eigenvalue weighted by Gasteiger charge is -2.12. The Balaban J connectivity index is 3.40. The topological polar surface area (TPSA) is 42.2 Å². The third kappa shape index (κ3) is 1.97. The van der Waals surface area contributed by atoms with Crippen LogP contribution in [0, 0.1) is 36.8 Å². The minimum absolute atomic E-state index is 0.0764. The van der Waals surface area contributed by atoms with Gasteiger partial charge < -0.3 is 9.47 Å². The van der Waals surface area contributed by atoms with Gasteiger partial charge in [0.15, 0.2) is 18.4 Å². The fraction of sp³-hybridized carbons (Fsp3) is 0.364. The number of nitrogens with zero attached hydrogens (tertiary/aromatic N) is 1. The Morgan fingerprint density at radius 2 is 1.81 bits per heavy atom. The first-order valence-electron chi connectivity index (χ1n) is 4.54. The van der Waals surface area contributed by atoms with Crippen LogP contribution in [-0.4, -0.2) is 13.9 Å². The highest BCUT2D eigenvalue weighted by Crippen LogP contribution is 2.30. The first kappa shape index (κ1) is 12.4. The van der Waals surface area contributed by atoms with Gasteiger partial charge in [-0.15, -0.1) is 0 Å². The van der Waals surface area contributed by atoms with E-state index in [0.717, 1.165) is 0 Å². The summed E-state index contributed by atoms with van der Waals surface area (Å²) in [4.78, 5) is 0. The van der Waals surface area contributed by atoms with Crippen LogP contribution in [0.25, 0.3) is 0 Å². The van der Waals surface area contributed by atoms with Gasteiger partial charge in [-0.3, -0.25) is 0 Å². The van der Waals surface area contributed by atoms with Crippen molar-refractivity contribution in [2.75, 3.05) is 13.9 Å². The molecule has 0 aliphatic rings. The van der Waals surface area contributed by atoms with Gasteiger partial charge in [-0.2, -0.15) is 5.26 Å². The molecule has 0 atom stereocenters. The van der Waals surface area contributed by atoms with Crippen molar-refractivity contribution >= 4 is 0 Å². The Bertz CT molecular complexity index is 453. The zero-order chi connectivity index (χ0) is 12.3. The molecule has 0 fully saturated rings. The Kier molecular flexibility index (Phi) is 3.80. The normalized spacial score (nSPS) is 10.0. The predicted octanol–water partition coefficient (Wildman–Crippen LogP) is 2.44. The molecule has 16 heavy (non-hydrogen) atoms. The molecule has 1 aromatic carbocycles. The third-order valence-corrected chi connectivity index (χ3v) is 2.22. The lowest BCUT2D eigenvalue weighted by molar-refractivity contribution is 0.0478. The van der Waals surface area contributed by atoms with E-state index in [1.54, 1.807) is 6.07 Å². The largest absolute Gasteiger partial charge is 0.463 e. The van der Waals surface area contributed by atoms with Crippen LogP contribution in [0.1, 0.15) is 16.7 Å². The second kappa shape index (κ2) is 4.90. The van der Waals surface area contributed by atoms with Gasteiger partial charge in [0.2, 0.25) is 0 Å². The highest BCUT2D eigenvalue weighted by molar-refractivity contribution is 5.52. The molecule has 0 unspecified atom stereocenters. The number of halogens is 2. The Morgan fingerprint density at radius 1 is 1.19 bits per heavy atom. The second-order valence-electron chi connectivity index (χ2n) is 3.24. The Morgan fingerprint density at radius 3 is 2.31 bits per heavy atom. The van der Waals surface area contributed by atoms with Gasteiger partial charge in [-0.25, -0.2) is 8.78 Å². The lowest BCUT2D eigenvalue weighted by atomic mass is 10.0. The van der Waals surface area contributed by atoms with E-state index in [2.05, 4.69) is 4.74 Å². The van der Waals surface area contributed by atoms with Crippen molar-refractivity contribution < 1.29 is 18.3 Å². The Hall–Kier alpha value is -1.67. The first-order valence-corrected chi connectivity index (χ1v) is 4.54. The molecule has 0 aliphatic heterocycles.